The van der Waals surface area contributed by atoms with Gasteiger partial charge < -0.3 is 15.2 Å². The fourth-order valence-electron chi connectivity index (χ4n) is 3.53. The summed E-state index contributed by atoms with van der Waals surface area (Å²) in [6.07, 6.45) is 1.42. The van der Waals surface area contributed by atoms with Crippen molar-refractivity contribution in [1.82, 2.24) is 9.47 Å². The SMILES string of the molecule is Cc1ccc2c(c1)c1c(n2C(C)CC(N)=O)CCN(C)C1. The van der Waals surface area contributed by atoms with E-state index < -0.39 is 0 Å². The Kier molecular flexibility index (Phi) is 3.49. The van der Waals surface area contributed by atoms with Crippen LogP contribution in [-0.2, 0) is 17.8 Å². The highest BCUT2D eigenvalue weighted by Crippen LogP contribution is 2.34. The van der Waals surface area contributed by atoms with Crippen LogP contribution in [0.25, 0.3) is 10.9 Å². The summed E-state index contributed by atoms with van der Waals surface area (Å²) in [6, 6.07) is 6.70. The molecular formula is C17H23N3O. The molecule has 1 unspecified atom stereocenters. The van der Waals surface area contributed by atoms with Gasteiger partial charge in [0.25, 0.3) is 0 Å². The summed E-state index contributed by atoms with van der Waals surface area (Å²) in [5, 5.41) is 1.33. The second-order valence-electron chi connectivity index (χ2n) is 6.32. The summed E-state index contributed by atoms with van der Waals surface area (Å²) in [6.45, 7) is 6.25. The zero-order valence-corrected chi connectivity index (χ0v) is 13.0. The van der Waals surface area contributed by atoms with Crippen molar-refractivity contribution in [3.63, 3.8) is 0 Å². The van der Waals surface area contributed by atoms with Gasteiger partial charge in [-0.05, 0) is 38.6 Å². The summed E-state index contributed by atoms with van der Waals surface area (Å²) in [7, 11) is 2.16. The first kappa shape index (κ1) is 14.1. The van der Waals surface area contributed by atoms with Crippen LogP contribution in [0.5, 0.6) is 0 Å². The Bertz CT molecular complexity index is 702. The highest BCUT2D eigenvalue weighted by Gasteiger charge is 2.25. The summed E-state index contributed by atoms with van der Waals surface area (Å²) in [5.74, 6) is -0.238. The number of aromatic nitrogens is 1. The highest BCUT2D eigenvalue weighted by atomic mass is 16.1. The van der Waals surface area contributed by atoms with E-state index in [0.717, 1.165) is 19.5 Å². The lowest BCUT2D eigenvalue weighted by atomic mass is 10.0. The minimum atomic E-state index is -0.238. The maximum Gasteiger partial charge on any atom is 0.219 e. The molecule has 2 aromatic rings. The van der Waals surface area contributed by atoms with Crippen molar-refractivity contribution in [2.45, 2.75) is 39.3 Å². The van der Waals surface area contributed by atoms with Gasteiger partial charge in [0.05, 0.1) is 0 Å². The van der Waals surface area contributed by atoms with Gasteiger partial charge >= 0.3 is 0 Å². The van der Waals surface area contributed by atoms with E-state index in [1.807, 2.05) is 0 Å². The van der Waals surface area contributed by atoms with E-state index in [-0.39, 0.29) is 11.9 Å². The largest absolute Gasteiger partial charge is 0.370 e. The molecule has 3 rings (SSSR count). The molecule has 0 saturated heterocycles. The van der Waals surface area contributed by atoms with Crippen molar-refractivity contribution in [3.05, 3.63) is 35.0 Å². The van der Waals surface area contributed by atoms with E-state index in [0.29, 0.717) is 6.42 Å². The minimum Gasteiger partial charge on any atom is -0.370 e. The monoisotopic (exact) mass is 285 g/mol. The van der Waals surface area contributed by atoms with Crippen LogP contribution in [-0.4, -0.2) is 29.0 Å². The molecule has 0 saturated carbocycles. The molecule has 1 aromatic heterocycles. The van der Waals surface area contributed by atoms with Gasteiger partial charge in [-0.15, -0.1) is 0 Å². The van der Waals surface area contributed by atoms with E-state index in [1.54, 1.807) is 0 Å². The lowest BCUT2D eigenvalue weighted by molar-refractivity contribution is -0.118. The Morgan fingerprint density at radius 3 is 2.90 bits per heavy atom. The number of nitrogens with zero attached hydrogens (tertiary/aromatic N) is 2. The van der Waals surface area contributed by atoms with Gasteiger partial charge in [0, 0.05) is 48.6 Å². The molecule has 1 aromatic carbocycles. The Morgan fingerprint density at radius 1 is 1.43 bits per heavy atom. The minimum absolute atomic E-state index is 0.111. The van der Waals surface area contributed by atoms with E-state index in [4.69, 9.17) is 5.73 Å². The number of hydrogen-bond donors (Lipinski definition) is 1. The molecular weight excluding hydrogens is 262 g/mol. The number of benzene rings is 1. The van der Waals surface area contributed by atoms with Crippen molar-refractivity contribution in [1.29, 1.82) is 0 Å². The van der Waals surface area contributed by atoms with Crippen LogP contribution in [0.3, 0.4) is 0 Å². The number of amides is 1. The first-order chi connectivity index (χ1) is 9.97. The van der Waals surface area contributed by atoms with Gasteiger partial charge in [-0.2, -0.15) is 0 Å². The Morgan fingerprint density at radius 2 is 2.19 bits per heavy atom. The smallest absolute Gasteiger partial charge is 0.219 e. The average Bonchev–Trinajstić information content (AvgIpc) is 2.71. The Hall–Kier alpha value is -1.81. The summed E-state index contributed by atoms with van der Waals surface area (Å²) < 4.78 is 2.34. The Balaban J connectivity index is 2.21. The lowest BCUT2D eigenvalue weighted by Gasteiger charge is -2.26. The third-order valence-electron chi connectivity index (χ3n) is 4.47. The molecule has 0 spiro atoms. The van der Waals surface area contributed by atoms with E-state index >= 15 is 0 Å². The number of primary amides is 1. The lowest BCUT2D eigenvalue weighted by Crippen LogP contribution is -2.28. The first-order valence-electron chi connectivity index (χ1n) is 7.56. The van der Waals surface area contributed by atoms with E-state index in [1.165, 1.54) is 27.7 Å². The van der Waals surface area contributed by atoms with Gasteiger partial charge in [-0.1, -0.05) is 11.6 Å². The standard InChI is InChI=1S/C17H23N3O/c1-11-4-5-15-13(8-11)14-10-19(3)7-6-16(14)20(15)12(2)9-17(18)21/h4-5,8,12H,6-7,9-10H2,1-3H3,(H2,18,21). The summed E-state index contributed by atoms with van der Waals surface area (Å²) in [4.78, 5) is 13.7. The van der Waals surface area contributed by atoms with Crippen LogP contribution in [0.1, 0.15) is 36.2 Å². The van der Waals surface area contributed by atoms with Crippen LogP contribution < -0.4 is 5.73 Å². The van der Waals surface area contributed by atoms with Crippen LogP contribution >= 0.6 is 0 Å². The van der Waals surface area contributed by atoms with Crippen LogP contribution in [0.2, 0.25) is 0 Å². The highest BCUT2D eigenvalue weighted by molar-refractivity contribution is 5.87. The second-order valence-corrected chi connectivity index (χ2v) is 6.32. The van der Waals surface area contributed by atoms with E-state index in [2.05, 4.69) is 48.6 Å². The van der Waals surface area contributed by atoms with E-state index in [9.17, 15) is 4.79 Å². The third-order valence-corrected chi connectivity index (χ3v) is 4.47. The molecule has 4 nitrogen and oxygen atoms in total. The fourth-order valence-corrected chi connectivity index (χ4v) is 3.53. The maximum atomic E-state index is 11.3. The van der Waals surface area contributed by atoms with Crippen molar-refractivity contribution in [3.8, 4) is 0 Å². The zero-order chi connectivity index (χ0) is 15.1. The Labute approximate surface area is 125 Å². The van der Waals surface area contributed by atoms with Crippen LogP contribution in [0, 0.1) is 6.92 Å². The van der Waals surface area contributed by atoms with Crippen molar-refractivity contribution in [2.24, 2.45) is 5.73 Å². The molecule has 1 aliphatic heterocycles. The van der Waals surface area contributed by atoms with Gasteiger partial charge in [0.1, 0.15) is 0 Å². The fraction of sp³-hybridized carbons (Fsp3) is 0.471. The molecule has 2 N–H and O–H groups in total. The first-order valence-corrected chi connectivity index (χ1v) is 7.56. The molecule has 1 amide bonds. The zero-order valence-electron chi connectivity index (χ0n) is 13.0. The van der Waals surface area contributed by atoms with Gasteiger partial charge in [-0.25, -0.2) is 0 Å². The number of carbonyl (C=O) groups excluding carboxylic acids is 1. The predicted octanol–water partition coefficient (Wildman–Crippen LogP) is 2.37. The third kappa shape index (κ3) is 2.44. The molecule has 2 heterocycles. The number of carbonyl (C=O) groups is 1. The van der Waals surface area contributed by atoms with Crippen molar-refractivity contribution >= 4 is 16.8 Å². The number of nitrogens with two attached hydrogens (primary N) is 1. The van der Waals surface area contributed by atoms with Gasteiger partial charge in [0.2, 0.25) is 5.91 Å². The topological polar surface area (TPSA) is 51.3 Å². The molecule has 0 bridgehead atoms. The quantitative estimate of drug-likeness (QED) is 0.941. The molecule has 0 radical (unpaired) electrons. The summed E-state index contributed by atoms with van der Waals surface area (Å²) >= 11 is 0. The molecule has 1 aliphatic rings. The average molecular weight is 285 g/mol. The summed E-state index contributed by atoms with van der Waals surface area (Å²) in [5.41, 5.74) is 10.7. The number of likely N-dealkylation sites (N-methyl/N-ethyl adjacent to an activating group) is 1. The second kappa shape index (κ2) is 5.19. The molecule has 0 aliphatic carbocycles. The van der Waals surface area contributed by atoms with Gasteiger partial charge in [0.15, 0.2) is 0 Å². The molecule has 4 heteroatoms. The molecule has 0 fully saturated rings. The molecule has 21 heavy (non-hydrogen) atoms. The predicted molar refractivity (Wildman–Crippen MR) is 85.2 cm³/mol. The normalized spacial score (nSPS) is 16.9. The van der Waals surface area contributed by atoms with Crippen LogP contribution in [0.15, 0.2) is 18.2 Å². The number of aryl methyl sites for hydroxylation is 1. The van der Waals surface area contributed by atoms with Crippen LogP contribution in [0.4, 0.5) is 0 Å². The van der Waals surface area contributed by atoms with Crippen molar-refractivity contribution < 1.29 is 4.79 Å². The maximum absolute atomic E-state index is 11.3. The van der Waals surface area contributed by atoms with Gasteiger partial charge in [-0.3, -0.25) is 4.79 Å². The number of hydrogen-bond acceptors (Lipinski definition) is 2. The number of rotatable bonds is 3. The molecule has 1 atom stereocenters. The van der Waals surface area contributed by atoms with Crippen molar-refractivity contribution in [2.75, 3.05) is 13.6 Å². The molecule has 112 valence electrons. The number of fused-ring (bicyclic) bond motifs is 3.